The standard InChI is InChI=1S/C13H10BrClFN/c14-12-6-3-9(15)7-11(12)13(17)8-1-4-10(16)5-2-8/h1-7,13H,17H2. The molecule has 0 saturated carbocycles. The summed E-state index contributed by atoms with van der Waals surface area (Å²) in [6.07, 6.45) is 0. The lowest BCUT2D eigenvalue weighted by molar-refractivity contribution is 0.626. The molecule has 0 heterocycles. The molecule has 1 unspecified atom stereocenters. The minimum Gasteiger partial charge on any atom is -0.320 e. The molecule has 0 aromatic heterocycles. The van der Waals surface area contributed by atoms with E-state index in [-0.39, 0.29) is 11.9 Å². The molecule has 2 aromatic rings. The van der Waals surface area contributed by atoms with Crippen LogP contribution in [-0.4, -0.2) is 0 Å². The van der Waals surface area contributed by atoms with E-state index in [2.05, 4.69) is 15.9 Å². The van der Waals surface area contributed by atoms with Crippen LogP contribution in [0.2, 0.25) is 5.02 Å². The molecule has 0 radical (unpaired) electrons. The van der Waals surface area contributed by atoms with Crippen molar-refractivity contribution in [1.82, 2.24) is 0 Å². The van der Waals surface area contributed by atoms with Crippen molar-refractivity contribution in [3.63, 3.8) is 0 Å². The summed E-state index contributed by atoms with van der Waals surface area (Å²) in [5.41, 5.74) is 7.85. The summed E-state index contributed by atoms with van der Waals surface area (Å²) in [7, 11) is 0. The summed E-state index contributed by atoms with van der Waals surface area (Å²) in [5.74, 6) is -0.272. The van der Waals surface area contributed by atoms with Gasteiger partial charge in [0.05, 0.1) is 6.04 Å². The Labute approximate surface area is 113 Å². The van der Waals surface area contributed by atoms with E-state index < -0.39 is 0 Å². The molecule has 2 rings (SSSR count). The SMILES string of the molecule is NC(c1ccc(F)cc1)c1cc(Cl)ccc1Br. The first-order valence-corrected chi connectivity index (χ1v) is 6.21. The van der Waals surface area contributed by atoms with E-state index in [0.717, 1.165) is 15.6 Å². The zero-order valence-corrected chi connectivity index (χ0v) is 11.2. The van der Waals surface area contributed by atoms with Crippen molar-refractivity contribution in [2.45, 2.75) is 6.04 Å². The average molecular weight is 315 g/mol. The van der Waals surface area contributed by atoms with Crippen molar-refractivity contribution in [2.24, 2.45) is 5.73 Å². The third-order valence-corrected chi connectivity index (χ3v) is 3.48. The second-order valence-electron chi connectivity index (χ2n) is 3.70. The molecular weight excluding hydrogens is 305 g/mol. The van der Waals surface area contributed by atoms with Crippen molar-refractivity contribution >= 4 is 27.5 Å². The normalized spacial score (nSPS) is 12.5. The minimum atomic E-state index is -0.330. The number of halogens is 3. The van der Waals surface area contributed by atoms with Crippen LogP contribution in [0.5, 0.6) is 0 Å². The quantitative estimate of drug-likeness (QED) is 0.879. The van der Waals surface area contributed by atoms with Crippen LogP contribution in [0.25, 0.3) is 0 Å². The Kier molecular flexibility index (Phi) is 3.82. The Balaban J connectivity index is 2.39. The van der Waals surface area contributed by atoms with E-state index in [1.807, 2.05) is 6.07 Å². The van der Waals surface area contributed by atoms with Gasteiger partial charge < -0.3 is 5.73 Å². The lowest BCUT2D eigenvalue weighted by Crippen LogP contribution is -2.12. The van der Waals surface area contributed by atoms with Gasteiger partial charge in [-0.3, -0.25) is 0 Å². The van der Waals surface area contributed by atoms with Crippen molar-refractivity contribution in [2.75, 3.05) is 0 Å². The lowest BCUT2D eigenvalue weighted by Gasteiger charge is -2.14. The number of benzene rings is 2. The molecule has 17 heavy (non-hydrogen) atoms. The molecule has 0 spiro atoms. The van der Waals surface area contributed by atoms with Crippen LogP contribution in [0.15, 0.2) is 46.9 Å². The van der Waals surface area contributed by atoms with Gasteiger partial charge in [0.25, 0.3) is 0 Å². The highest BCUT2D eigenvalue weighted by Gasteiger charge is 2.12. The molecular formula is C13H10BrClFN. The van der Waals surface area contributed by atoms with Crippen molar-refractivity contribution in [3.8, 4) is 0 Å². The molecule has 0 aliphatic heterocycles. The molecule has 0 fully saturated rings. The summed E-state index contributed by atoms with van der Waals surface area (Å²) in [6, 6.07) is 11.2. The van der Waals surface area contributed by atoms with Gasteiger partial charge >= 0.3 is 0 Å². The Morgan fingerprint density at radius 1 is 1.12 bits per heavy atom. The molecule has 0 aliphatic carbocycles. The number of hydrogen-bond donors (Lipinski definition) is 1. The minimum absolute atomic E-state index is 0.272. The lowest BCUT2D eigenvalue weighted by atomic mass is 10.00. The van der Waals surface area contributed by atoms with Gasteiger partial charge in [0.1, 0.15) is 5.82 Å². The van der Waals surface area contributed by atoms with E-state index in [1.165, 1.54) is 12.1 Å². The summed E-state index contributed by atoms with van der Waals surface area (Å²) in [6.45, 7) is 0. The summed E-state index contributed by atoms with van der Waals surface area (Å²) in [5, 5.41) is 0.626. The number of nitrogens with two attached hydrogens (primary N) is 1. The zero-order valence-electron chi connectivity index (χ0n) is 8.83. The van der Waals surface area contributed by atoms with Crippen LogP contribution in [0, 0.1) is 5.82 Å². The molecule has 0 saturated heterocycles. The fourth-order valence-corrected chi connectivity index (χ4v) is 2.28. The largest absolute Gasteiger partial charge is 0.320 e. The second kappa shape index (κ2) is 5.17. The van der Waals surface area contributed by atoms with E-state index in [0.29, 0.717) is 5.02 Å². The topological polar surface area (TPSA) is 26.0 Å². The summed E-state index contributed by atoms with van der Waals surface area (Å²) in [4.78, 5) is 0. The molecule has 0 bridgehead atoms. The first kappa shape index (κ1) is 12.6. The monoisotopic (exact) mass is 313 g/mol. The fraction of sp³-hybridized carbons (Fsp3) is 0.0769. The van der Waals surface area contributed by atoms with Crippen molar-refractivity contribution in [1.29, 1.82) is 0 Å². The van der Waals surface area contributed by atoms with Gasteiger partial charge in [-0.15, -0.1) is 0 Å². The highest BCUT2D eigenvalue weighted by molar-refractivity contribution is 9.10. The smallest absolute Gasteiger partial charge is 0.123 e. The predicted octanol–water partition coefficient (Wildman–Crippen LogP) is 4.29. The van der Waals surface area contributed by atoms with Gasteiger partial charge in [0, 0.05) is 9.50 Å². The zero-order chi connectivity index (χ0) is 12.4. The predicted molar refractivity (Wildman–Crippen MR) is 71.6 cm³/mol. The van der Waals surface area contributed by atoms with E-state index >= 15 is 0 Å². The molecule has 0 amide bonds. The van der Waals surface area contributed by atoms with Crippen LogP contribution in [-0.2, 0) is 0 Å². The first-order chi connectivity index (χ1) is 8.08. The summed E-state index contributed by atoms with van der Waals surface area (Å²) < 4.78 is 13.7. The Morgan fingerprint density at radius 2 is 1.76 bits per heavy atom. The van der Waals surface area contributed by atoms with Crippen LogP contribution in [0.1, 0.15) is 17.2 Å². The maximum Gasteiger partial charge on any atom is 0.123 e. The Hall–Kier alpha value is -0.900. The molecule has 1 nitrogen and oxygen atoms in total. The second-order valence-corrected chi connectivity index (χ2v) is 4.99. The highest BCUT2D eigenvalue weighted by Crippen LogP contribution is 2.29. The molecule has 2 aromatic carbocycles. The third-order valence-electron chi connectivity index (χ3n) is 2.52. The van der Waals surface area contributed by atoms with Crippen molar-refractivity contribution < 1.29 is 4.39 Å². The molecule has 2 N–H and O–H groups in total. The molecule has 0 aliphatic rings. The molecule has 1 atom stereocenters. The van der Waals surface area contributed by atoms with E-state index in [1.54, 1.807) is 24.3 Å². The fourth-order valence-electron chi connectivity index (χ4n) is 1.60. The van der Waals surface area contributed by atoms with Gasteiger partial charge in [-0.1, -0.05) is 39.7 Å². The number of rotatable bonds is 2. The van der Waals surface area contributed by atoms with Crippen LogP contribution in [0.3, 0.4) is 0 Å². The third kappa shape index (κ3) is 2.86. The highest BCUT2D eigenvalue weighted by atomic mass is 79.9. The number of hydrogen-bond acceptors (Lipinski definition) is 1. The van der Waals surface area contributed by atoms with Gasteiger partial charge in [-0.05, 0) is 41.5 Å². The Bertz CT molecular complexity index is 527. The van der Waals surface area contributed by atoms with Crippen LogP contribution >= 0.6 is 27.5 Å². The Morgan fingerprint density at radius 3 is 2.41 bits per heavy atom. The van der Waals surface area contributed by atoms with Crippen LogP contribution < -0.4 is 5.73 Å². The average Bonchev–Trinajstić information content (AvgIpc) is 2.32. The van der Waals surface area contributed by atoms with E-state index in [4.69, 9.17) is 17.3 Å². The van der Waals surface area contributed by atoms with Crippen molar-refractivity contribution in [3.05, 3.63) is 68.9 Å². The first-order valence-electron chi connectivity index (χ1n) is 5.04. The maximum atomic E-state index is 12.8. The van der Waals surface area contributed by atoms with Gasteiger partial charge in [-0.25, -0.2) is 4.39 Å². The summed E-state index contributed by atoms with van der Waals surface area (Å²) >= 11 is 9.37. The maximum absolute atomic E-state index is 12.8. The van der Waals surface area contributed by atoms with Gasteiger partial charge in [0.15, 0.2) is 0 Å². The van der Waals surface area contributed by atoms with E-state index in [9.17, 15) is 4.39 Å². The molecule has 4 heteroatoms. The van der Waals surface area contributed by atoms with Gasteiger partial charge in [-0.2, -0.15) is 0 Å². The van der Waals surface area contributed by atoms with Gasteiger partial charge in [0.2, 0.25) is 0 Å². The molecule has 88 valence electrons. The van der Waals surface area contributed by atoms with Crippen LogP contribution in [0.4, 0.5) is 4.39 Å².